The van der Waals surface area contributed by atoms with Gasteiger partial charge in [-0.15, -0.1) is 0 Å². The average molecular weight is 240 g/mol. The van der Waals surface area contributed by atoms with Crippen molar-refractivity contribution in [2.45, 2.75) is 0 Å². The Morgan fingerprint density at radius 3 is 2.12 bits per heavy atom. The first-order valence-corrected chi connectivity index (χ1v) is 4.33. The fraction of sp³-hybridized carbons (Fsp3) is 0. The van der Waals surface area contributed by atoms with Crippen LogP contribution in [0.5, 0.6) is 0 Å². The van der Waals surface area contributed by atoms with E-state index in [1.807, 2.05) is 0 Å². The lowest BCUT2D eigenvalue weighted by Gasteiger charge is -1.92. The average Bonchev–Trinajstić information content (AvgIpc) is 2.63. The number of rotatable bonds is 2. The van der Waals surface area contributed by atoms with Crippen molar-refractivity contribution < 1.29 is 19.6 Å². The normalized spacial score (nSPS) is 9.41. The van der Waals surface area contributed by atoms with E-state index in [2.05, 4.69) is 20.0 Å². The summed E-state index contributed by atoms with van der Waals surface area (Å²) in [6.07, 6.45) is 1.16. The summed E-state index contributed by atoms with van der Waals surface area (Å²) >= 11 is 0. The third kappa shape index (κ3) is 3.02. The molecule has 0 fully saturated rings. The fourth-order valence-electron chi connectivity index (χ4n) is 1.02. The number of nitrogens with one attached hydrogen (secondary N) is 3. The lowest BCUT2D eigenvalue weighted by Crippen LogP contribution is -2.83. The molecular formula is C7H12N8O2+2. The first-order chi connectivity index (χ1) is 7.91. The fourth-order valence-corrected chi connectivity index (χ4v) is 1.02. The van der Waals surface area contributed by atoms with Gasteiger partial charge in [0, 0.05) is 0 Å². The highest BCUT2D eigenvalue weighted by atomic mass is 16.2. The lowest BCUT2D eigenvalue weighted by molar-refractivity contribution is -0.351. The van der Waals surface area contributed by atoms with Gasteiger partial charge in [0.1, 0.15) is 0 Å². The van der Waals surface area contributed by atoms with Crippen LogP contribution in [-0.4, -0.2) is 33.7 Å². The SMILES string of the molecule is NC(N)=[NH+]C(=O)c1nc[nH]c1C(=O)[NH+]=C(N)N. The number of carbonyl (C=O) groups excluding carboxylic acids is 2. The number of nitrogens with two attached hydrogens (primary N) is 4. The molecule has 1 heterocycles. The third-order valence-electron chi connectivity index (χ3n) is 1.60. The maximum atomic E-state index is 11.5. The minimum absolute atomic E-state index is 0.114. The summed E-state index contributed by atoms with van der Waals surface area (Å²) in [5.74, 6) is -2.05. The molecule has 10 heteroatoms. The van der Waals surface area contributed by atoms with Crippen LogP contribution in [0.15, 0.2) is 6.33 Å². The van der Waals surface area contributed by atoms with E-state index in [1.165, 1.54) is 0 Å². The van der Waals surface area contributed by atoms with Crippen LogP contribution in [0.2, 0.25) is 0 Å². The monoisotopic (exact) mass is 240 g/mol. The van der Waals surface area contributed by atoms with Crippen LogP contribution in [0.25, 0.3) is 0 Å². The molecule has 1 aromatic heterocycles. The summed E-state index contributed by atoms with van der Waals surface area (Å²) in [6, 6.07) is 0. The number of amides is 2. The molecular weight excluding hydrogens is 228 g/mol. The Morgan fingerprint density at radius 2 is 1.59 bits per heavy atom. The molecule has 1 rings (SSSR count). The molecule has 0 saturated carbocycles. The number of aromatic nitrogens is 2. The first kappa shape index (κ1) is 12.2. The van der Waals surface area contributed by atoms with Crippen LogP contribution in [0.3, 0.4) is 0 Å². The maximum absolute atomic E-state index is 11.5. The van der Waals surface area contributed by atoms with Crippen molar-refractivity contribution >= 4 is 23.7 Å². The largest absolute Gasteiger partial charge is 0.346 e. The van der Waals surface area contributed by atoms with Crippen molar-refractivity contribution in [3.8, 4) is 0 Å². The highest BCUT2D eigenvalue weighted by Crippen LogP contribution is 1.97. The first-order valence-electron chi connectivity index (χ1n) is 4.33. The van der Waals surface area contributed by atoms with E-state index < -0.39 is 11.8 Å². The van der Waals surface area contributed by atoms with E-state index in [4.69, 9.17) is 22.9 Å². The summed E-state index contributed by atoms with van der Waals surface area (Å²) in [5, 5.41) is 0. The molecule has 90 valence electrons. The molecule has 0 spiro atoms. The van der Waals surface area contributed by atoms with Crippen LogP contribution in [0.1, 0.15) is 21.0 Å². The number of H-pyrrole nitrogens is 1. The second-order valence-corrected chi connectivity index (χ2v) is 2.95. The van der Waals surface area contributed by atoms with E-state index in [0.717, 1.165) is 6.33 Å². The molecule has 10 nitrogen and oxygen atoms in total. The minimum Gasteiger partial charge on any atom is -0.339 e. The van der Waals surface area contributed by atoms with Crippen LogP contribution in [-0.2, 0) is 0 Å². The molecule has 0 aliphatic rings. The van der Waals surface area contributed by atoms with E-state index in [0.29, 0.717) is 0 Å². The molecule has 0 bridgehead atoms. The van der Waals surface area contributed by atoms with Gasteiger partial charge in [0.15, 0.2) is 11.4 Å². The highest BCUT2D eigenvalue weighted by Gasteiger charge is 2.22. The van der Waals surface area contributed by atoms with Crippen LogP contribution in [0.4, 0.5) is 0 Å². The summed E-state index contributed by atoms with van der Waals surface area (Å²) < 4.78 is 0. The van der Waals surface area contributed by atoms with Gasteiger partial charge in [-0.25, -0.2) is 24.6 Å². The Hall–Kier alpha value is -2.91. The zero-order valence-electron chi connectivity index (χ0n) is 8.65. The Bertz CT molecular complexity index is 461. The molecule has 0 unspecified atom stereocenters. The van der Waals surface area contributed by atoms with Crippen molar-refractivity contribution in [3.63, 3.8) is 0 Å². The summed E-state index contributed by atoms with van der Waals surface area (Å²) in [6.45, 7) is 0. The third-order valence-corrected chi connectivity index (χ3v) is 1.60. The van der Waals surface area contributed by atoms with Gasteiger partial charge in [-0.2, -0.15) is 0 Å². The van der Waals surface area contributed by atoms with Crippen molar-refractivity contribution in [2.24, 2.45) is 22.9 Å². The molecule has 17 heavy (non-hydrogen) atoms. The smallest absolute Gasteiger partial charge is 0.339 e. The molecule has 0 saturated heterocycles. The van der Waals surface area contributed by atoms with Crippen molar-refractivity contribution in [1.82, 2.24) is 9.97 Å². The van der Waals surface area contributed by atoms with Gasteiger partial charge in [0.25, 0.3) is 0 Å². The van der Waals surface area contributed by atoms with E-state index >= 15 is 0 Å². The number of aromatic amines is 1. The van der Waals surface area contributed by atoms with Gasteiger partial charge in [-0.1, -0.05) is 0 Å². The van der Waals surface area contributed by atoms with Crippen molar-refractivity contribution in [2.75, 3.05) is 0 Å². The van der Waals surface area contributed by atoms with E-state index in [1.54, 1.807) is 0 Å². The molecule has 0 aromatic carbocycles. The Balaban J connectivity index is 3.10. The second-order valence-electron chi connectivity index (χ2n) is 2.95. The molecule has 1 aromatic rings. The standard InChI is InChI=1S/C7H10N8O2/c8-6(9)14-4(16)2-3(13-1-12-2)5(17)15-7(10)11/h1H,(H,12,13)(H4,8,9,14,16)(H4,10,11,15,17)/p+2. The van der Waals surface area contributed by atoms with E-state index in [-0.39, 0.29) is 23.3 Å². The summed E-state index contributed by atoms with van der Waals surface area (Å²) in [4.78, 5) is 33.3. The molecule has 0 atom stereocenters. The lowest BCUT2D eigenvalue weighted by atomic mass is 10.3. The van der Waals surface area contributed by atoms with Crippen LogP contribution >= 0.6 is 0 Å². The number of carbonyl (C=O) groups is 2. The number of guanidine groups is 2. The predicted octanol–water partition coefficient (Wildman–Crippen LogP) is -6.60. The van der Waals surface area contributed by atoms with Gasteiger partial charge in [0.05, 0.1) is 6.33 Å². The molecule has 0 aliphatic carbocycles. The topological polar surface area (TPSA) is 195 Å². The van der Waals surface area contributed by atoms with Gasteiger partial charge < -0.3 is 4.98 Å². The van der Waals surface area contributed by atoms with Crippen molar-refractivity contribution in [3.05, 3.63) is 17.7 Å². The zero-order chi connectivity index (χ0) is 13.0. The second kappa shape index (κ2) is 4.74. The van der Waals surface area contributed by atoms with Gasteiger partial charge >= 0.3 is 23.7 Å². The van der Waals surface area contributed by atoms with Gasteiger partial charge in [0.2, 0.25) is 0 Å². The Kier molecular flexibility index (Phi) is 3.39. The summed E-state index contributed by atoms with van der Waals surface area (Å²) in [7, 11) is 0. The minimum atomic E-state index is -0.730. The number of hydrogen-bond acceptors (Lipinski definition) is 3. The number of imidazole rings is 1. The Labute approximate surface area is 94.8 Å². The number of hydrogen-bond donors (Lipinski definition) is 7. The van der Waals surface area contributed by atoms with Crippen LogP contribution in [0, 0.1) is 0 Å². The van der Waals surface area contributed by atoms with Crippen molar-refractivity contribution in [1.29, 1.82) is 0 Å². The predicted molar refractivity (Wildman–Crippen MR) is 55.9 cm³/mol. The number of nitrogens with zero attached hydrogens (tertiary/aromatic N) is 1. The van der Waals surface area contributed by atoms with E-state index in [9.17, 15) is 9.59 Å². The highest BCUT2D eigenvalue weighted by molar-refractivity contribution is 5.99. The molecule has 0 radical (unpaired) electrons. The molecule has 0 aliphatic heterocycles. The van der Waals surface area contributed by atoms with Gasteiger partial charge in [-0.3, -0.25) is 22.9 Å². The van der Waals surface area contributed by atoms with Crippen LogP contribution < -0.4 is 32.9 Å². The summed E-state index contributed by atoms with van der Waals surface area (Å²) in [5.41, 5.74) is 20.1. The Morgan fingerprint density at radius 1 is 1.06 bits per heavy atom. The molecule has 2 amide bonds. The zero-order valence-corrected chi connectivity index (χ0v) is 8.65. The quantitative estimate of drug-likeness (QED) is 0.197. The van der Waals surface area contributed by atoms with Gasteiger partial charge in [-0.05, 0) is 0 Å². The molecule has 11 N–H and O–H groups in total. The maximum Gasteiger partial charge on any atom is 0.346 e.